The molecule has 0 saturated heterocycles. The molecule has 0 aromatic carbocycles. The third-order valence-electron chi connectivity index (χ3n) is 5.14. The number of unbranched alkanes of at least 4 members (excludes halogenated alkanes) is 1. The molecule has 1 unspecified atom stereocenters. The highest BCUT2D eigenvalue weighted by Gasteiger charge is 2.27. The van der Waals surface area contributed by atoms with Crippen LogP contribution in [0.2, 0.25) is 0 Å². The highest BCUT2D eigenvalue weighted by atomic mass is 16.3. The van der Waals surface area contributed by atoms with Crippen LogP contribution in [-0.4, -0.2) is 71.1 Å². The van der Waals surface area contributed by atoms with Crippen molar-refractivity contribution in [3.8, 4) is 0 Å². The van der Waals surface area contributed by atoms with Gasteiger partial charge >= 0.3 is 0 Å². The fourth-order valence-electron chi connectivity index (χ4n) is 3.56. The molecule has 33 heavy (non-hydrogen) atoms. The van der Waals surface area contributed by atoms with Gasteiger partial charge in [0.05, 0.1) is 19.1 Å². The first-order valence-corrected chi connectivity index (χ1v) is 11.8. The molecule has 0 fully saturated rings. The topological polar surface area (TPSA) is 171 Å². The zero-order chi connectivity index (χ0) is 25.6. The van der Waals surface area contributed by atoms with E-state index in [0.29, 0.717) is 31.7 Å². The van der Waals surface area contributed by atoms with Crippen molar-refractivity contribution in [2.75, 3.05) is 13.2 Å². The summed E-state index contributed by atoms with van der Waals surface area (Å²) in [5.41, 5.74) is 5.49. The van der Waals surface area contributed by atoms with Gasteiger partial charge in [0.25, 0.3) is 0 Å². The van der Waals surface area contributed by atoms with Gasteiger partial charge in [-0.05, 0) is 57.9 Å². The van der Waals surface area contributed by atoms with Crippen molar-refractivity contribution in [2.24, 2.45) is 17.6 Å². The minimum absolute atomic E-state index is 0.125. The highest BCUT2D eigenvalue weighted by Crippen LogP contribution is 2.15. The average Bonchev–Trinajstić information content (AvgIpc) is 2.69. The number of rotatable bonds is 17. The fourth-order valence-corrected chi connectivity index (χ4v) is 3.56. The number of carbonyl (C=O) groups is 4. The second kappa shape index (κ2) is 16.6. The van der Waals surface area contributed by atoms with Crippen LogP contribution >= 0.6 is 0 Å². The maximum Gasteiger partial charge on any atom is 0.243 e. The Hall–Kier alpha value is -2.04. The molecule has 0 aromatic heterocycles. The second-order valence-electron chi connectivity index (χ2n) is 9.34. The average molecular weight is 473 g/mol. The van der Waals surface area contributed by atoms with E-state index in [0.717, 1.165) is 6.42 Å². The van der Waals surface area contributed by atoms with E-state index < -0.39 is 48.6 Å². The predicted octanol–water partition coefficient (Wildman–Crippen LogP) is -0.00570. The molecular formula is C23H44N4O6. The molecule has 0 aliphatic heterocycles. The number of ketones is 1. The first-order valence-electron chi connectivity index (χ1n) is 11.8. The number of carbonyl (C=O) groups excluding carboxylic acids is 4. The molecule has 10 nitrogen and oxygen atoms in total. The van der Waals surface area contributed by atoms with E-state index >= 15 is 0 Å². The van der Waals surface area contributed by atoms with Crippen LogP contribution in [0.25, 0.3) is 0 Å². The standard InChI is InChI=1S/C23H44N4O6/c1-14(2)10-15(3)11-20(30)19(13-28)27-22(32)17(5)25-23(33)18(8-6-7-9-24)26-21(31)12-16(4)29/h14-19,28-29H,6-13,24H2,1-5H3,(H,25,33)(H,26,31)(H,27,32)/t15-,16-,17+,18+,19?/m1/s1. The van der Waals surface area contributed by atoms with E-state index in [4.69, 9.17) is 5.73 Å². The Morgan fingerprint density at radius 2 is 1.48 bits per heavy atom. The lowest BCUT2D eigenvalue weighted by Gasteiger charge is -2.23. The van der Waals surface area contributed by atoms with Gasteiger partial charge in [-0.1, -0.05) is 20.8 Å². The number of nitrogens with one attached hydrogen (secondary N) is 3. The van der Waals surface area contributed by atoms with E-state index in [1.807, 2.05) is 6.92 Å². The van der Waals surface area contributed by atoms with E-state index in [1.54, 1.807) is 0 Å². The SMILES string of the molecule is CC(C)C[C@@H](C)CC(=O)C(CO)NC(=O)[C@H](C)NC(=O)[C@H](CCCCN)NC(=O)C[C@@H](C)O. The summed E-state index contributed by atoms with van der Waals surface area (Å²) in [6.07, 6.45) is 1.69. The lowest BCUT2D eigenvalue weighted by molar-refractivity contribution is -0.134. The molecular weight excluding hydrogens is 428 g/mol. The summed E-state index contributed by atoms with van der Waals surface area (Å²) in [5, 5.41) is 26.6. The Morgan fingerprint density at radius 3 is 2.00 bits per heavy atom. The Balaban J connectivity index is 4.96. The largest absolute Gasteiger partial charge is 0.394 e. The predicted molar refractivity (Wildman–Crippen MR) is 126 cm³/mol. The van der Waals surface area contributed by atoms with Crippen LogP contribution in [0, 0.1) is 11.8 Å². The van der Waals surface area contributed by atoms with Crippen molar-refractivity contribution in [3.63, 3.8) is 0 Å². The number of hydrogen-bond donors (Lipinski definition) is 6. The van der Waals surface area contributed by atoms with Crippen molar-refractivity contribution in [1.82, 2.24) is 16.0 Å². The third-order valence-corrected chi connectivity index (χ3v) is 5.14. The van der Waals surface area contributed by atoms with Crippen LogP contribution in [0.5, 0.6) is 0 Å². The smallest absolute Gasteiger partial charge is 0.243 e. The number of aliphatic hydroxyl groups is 2. The van der Waals surface area contributed by atoms with Crippen LogP contribution in [0.1, 0.15) is 73.1 Å². The zero-order valence-corrected chi connectivity index (χ0v) is 20.7. The fraction of sp³-hybridized carbons (Fsp3) is 0.826. The zero-order valence-electron chi connectivity index (χ0n) is 20.7. The first-order chi connectivity index (χ1) is 15.4. The van der Waals surface area contributed by atoms with Crippen molar-refractivity contribution >= 4 is 23.5 Å². The molecule has 7 N–H and O–H groups in total. The number of nitrogens with two attached hydrogens (primary N) is 1. The van der Waals surface area contributed by atoms with Crippen molar-refractivity contribution in [1.29, 1.82) is 0 Å². The van der Waals surface area contributed by atoms with Crippen LogP contribution in [0.3, 0.4) is 0 Å². The molecule has 0 radical (unpaired) electrons. The van der Waals surface area contributed by atoms with Crippen molar-refractivity contribution < 1.29 is 29.4 Å². The van der Waals surface area contributed by atoms with Gasteiger partial charge in [0.15, 0.2) is 5.78 Å². The Kier molecular flexibility index (Phi) is 15.5. The molecule has 0 aliphatic rings. The summed E-state index contributed by atoms with van der Waals surface area (Å²) in [6.45, 7) is 8.92. The van der Waals surface area contributed by atoms with E-state index in [2.05, 4.69) is 29.8 Å². The summed E-state index contributed by atoms with van der Waals surface area (Å²) >= 11 is 0. The molecule has 3 amide bonds. The molecule has 0 saturated carbocycles. The molecule has 0 aromatic rings. The van der Waals surface area contributed by atoms with Crippen molar-refractivity contribution in [2.45, 2.75) is 97.4 Å². The lowest BCUT2D eigenvalue weighted by Crippen LogP contribution is -2.55. The minimum Gasteiger partial charge on any atom is -0.394 e. The number of amides is 3. The van der Waals surface area contributed by atoms with Gasteiger partial charge in [0.1, 0.15) is 18.1 Å². The molecule has 192 valence electrons. The number of Topliss-reactive ketones (excluding diaryl/α,β-unsaturated/α-hetero) is 1. The minimum atomic E-state index is -1.04. The summed E-state index contributed by atoms with van der Waals surface area (Å²) in [7, 11) is 0. The normalized spacial score (nSPS) is 15.8. The summed E-state index contributed by atoms with van der Waals surface area (Å²) in [6, 6.07) is -2.92. The van der Waals surface area contributed by atoms with E-state index in [-0.39, 0.29) is 24.5 Å². The summed E-state index contributed by atoms with van der Waals surface area (Å²) in [4.78, 5) is 49.7. The lowest BCUT2D eigenvalue weighted by atomic mass is 9.92. The van der Waals surface area contributed by atoms with E-state index in [9.17, 15) is 29.4 Å². The molecule has 0 spiro atoms. The number of hydrogen-bond acceptors (Lipinski definition) is 7. The molecule has 0 aliphatic carbocycles. The van der Waals surface area contributed by atoms with Gasteiger partial charge in [-0.2, -0.15) is 0 Å². The van der Waals surface area contributed by atoms with Crippen LogP contribution in [0.4, 0.5) is 0 Å². The van der Waals surface area contributed by atoms with Gasteiger partial charge in [0, 0.05) is 6.42 Å². The highest BCUT2D eigenvalue weighted by molar-refractivity contribution is 5.94. The molecule has 0 rings (SSSR count). The van der Waals surface area contributed by atoms with Gasteiger partial charge in [0.2, 0.25) is 17.7 Å². The van der Waals surface area contributed by atoms with Gasteiger partial charge in [-0.3, -0.25) is 19.2 Å². The van der Waals surface area contributed by atoms with Crippen LogP contribution in [0.15, 0.2) is 0 Å². The Morgan fingerprint density at radius 1 is 0.848 bits per heavy atom. The molecule has 10 heteroatoms. The van der Waals surface area contributed by atoms with Crippen molar-refractivity contribution in [3.05, 3.63) is 0 Å². The summed E-state index contributed by atoms with van der Waals surface area (Å²) < 4.78 is 0. The Labute approximate surface area is 197 Å². The van der Waals surface area contributed by atoms with Gasteiger partial charge < -0.3 is 31.9 Å². The quantitative estimate of drug-likeness (QED) is 0.162. The third kappa shape index (κ3) is 14.0. The van der Waals surface area contributed by atoms with E-state index in [1.165, 1.54) is 13.8 Å². The van der Waals surface area contributed by atoms with Crippen LogP contribution in [-0.2, 0) is 19.2 Å². The molecule has 0 heterocycles. The van der Waals surface area contributed by atoms with Gasteiger partial charge in [-0.15, -0.1) is 0 Å². The number of aliphatic hydroxyl groups excluding tert-OH is 2. The maximum absolute atomic E-state index is 12.7. The second-order valence-corrected chi connectivity index (χ2v) is 9.34. The maximum atomic E-state index is 12.7. The van der Waals surface area contributed by atoms with Gasteiger partial charge in [-0.25, -0.2) is 0 Å². The monoisotopic (exact) mass is 472 g/mol. The summed E-state index contributed by atoms with van der Waals surface area (Å²) in [5.74, 6) is -1.34. The first kappa shape index (κ1) is 31.0. The van der Waals surface area contributed by atoms with Crippen LogP contribution < -0.4 is 21.7 Å². The molecule has 5 atom stereocenters. The molecule has 0 bridgehead atoms. The Bertz CT molecular complexity index is 626.